The number of aromatic nitrogens is 1. The van der Waals surface area contributed by atoms with Crippen LogP contribution in [0.15, 0.2) is 30.5 Å². The number of nitrogens with zero attached hydrogens (tertiary/aromatic N) is 2. The molecule has 2 aliphatic rings. The maximum absolute atomic E-state index is 12.1. The molecule has 1 amide bonds. The summed E-state index contributed by atoms with van der Waals surface area (Å²) in [7, 11) is 0. The molecule has 20 heavy (non-hydrogen) atoms. The summed E-state index contributed by atoms with van der Waals surface area (Å²) in [5.41, 5.74) is 2.98. The topological polar surface area (TPSA) is 45.2 Å². The largest absolute Gasteiger partial charge is 0.364 e. The Morgan fingerprint density at radius 1 is 1.35 bits per heavy atom. The van der Waals surface area contributed by atoms with Gasteiger partial charge in [-0.05, 0) is 6.07 Å². The zero-order chi connectivity index (χ0) is 13.5. The summed E-state index contributed by atoms with van der Waals surface area (Å²) in [6.07, 6.45) is 2.36. The first-order valence-corrected chi connectivity index (χ1v) is 8.00. The van der Waals surface area contributed by atoms with Gasteiger partial charge in [0.15, 0.2) is 0 Å². The molecule has 1 N–H and O–H groups in total. The van der Waals surface area contributed by atoms with Crippen LogP contribution < -0.4 is 10.2 Å². The summed E-state index contributed by atoms with van der Waals surface area (Å²) in [5.74, 6) is 2.22. The lowest BCUT2D eigenvalue weighted by molar-refractivity contribution is -0.116. The number of anilines is 2. The molecule has 4 rings (SSSR count). The Morgan fingerprint density at radius 3 is 3.20 bits per heavy atom. The molecule has 1 aromatic heterocycles. The lowest BCUT2D eigenvalue weighted by atomic mass is 10.1. The molecule has 2 aliphatic heterocycles. The minimum atomic E-state index is 0.0957. The van der Waals surface area contributed by atoms with Gasteiger partial charge in [-0.25, -0.2) is 0 Å². The van der Waals surface area contributed by atoms with E-state index in [4.69, 9.17) is 0 Å². The molecule has 1 atom stereocenters. The quantitative estimate of drug-likeness (QED) is 0.808. The van der Waals surface area contributed by atoms with Crippen LogP contribution in [0.5, 0.6) is 0 Å². The number of rotatable bonds is 0. The predicted octanol–water partition coefficient (Wildman–Crippen LogP) is 2.50. The van der Waals surface area contributed by atoms with E-state index in [0.29, 0.717) is 12.5 Å². The first-order chi connectivity index (χ1) is 9.83. The van der Waals surface area contributed by atoms with Gasteiger partial charge in [0.05, 0.1) is 23.1 Å². The van der Waals surface area contributed by atoms with Crippen LogP contribution >= 0.6 is 11.8 Å². The number of pyridine rings is 1. The number of amides is 1. The van der Waals surface area contributed by atoms with E-state index in [0.717, 1.165) is 40.3 Å². The van der Waals surface area contributed by atoms with Crippen LogP contribution in [0.25, 0.3) is 10.9 Å². The van der Waals surface area contributed by atoms with Crippen LogP contribution in [0.4, 0.5) is 11.4 Å². The van der Waals surface area contributed by atoms with Gasteiger partial charge >= 0.3 is 0 Å². The highest BCUT2D eigenvalue weighted by molar-refractivity contribution is 7.99. The summed E-state index contributed by atoms with van der Waals surface area (Å²) in [5, 5.41) is 4.15. The van der Waals surface area contributed by atoms with Crippen molar-refractivity contribution in [3.8, 4) is 0 Å². The molecular formula is C15H15N3OS. The number of hydrogen-bond donors (Lipinski definition) is 1. The van der Waals surface area contributed by atoms with Gasteiger partial charge in [-0.15, -0.1) is 0 Å². The first-order valence-electron chi connectivity index (χ1n) is 6.85. The van der Waals surface area contributed by atoms with E-state index in [9.17, 15) is 4.79 Å². The number of benzene rings is 1. The van der Waals surface area contributed by atoms with Gasteiger partial charge in [0.2, 0.25) is 5.91 Å². The van der Waals surface area contributed by atoms with Crippen molar-refractivity contribution in [3.63, 3.8) is 0 Å². The maximum atomic E-state index is 12.1. The molecule has 0 radical (unpaired) electrons. The van der Waals surface area contributed by atoms with E-state index in [2.05, 4.69) is 21.3 Å². The molecule has 4 nitrogen and oxygen atoms in total. The molecular weight excluding hydrogens is 270 g/mol. The number of nitrogens with one attached hydrogen (secondary N) is 1. The number of para-hydroxylation sites is 1. The summed E-state index contributed by atoms with van der Waals surface area (Å²) >= 11 is 1.93. The highest BCUT2D eigenvalue weighted by Gasteiger charge is 2.31. The molecule has 0 aliphatic carbocycles. The second-order valence-corrected chi connectivity index (χ2v) is 6.36. The zero-order valence-corrected chi connectivity index (χ0v) is 11.8. The van der Waals surface area contributed by atoms with Crippen LogP contribution in [-0.4, -0.2) is 35.0 Å². The molecule has 0 saturated carbocycles. The van der Waals surface area contributed by atoms with Crippen LogP contribution in [0.3, 0.4) is 0 Å². The fourth-order valence-electron chi connectivity index (χ4n) is 3.06. The Balaban J connectivity index is 1.97. The summed E-state index contributed by atoms with van der Waals surface area (Å²) in [6, 6.07) is 8.44. The molecule has 1 saturated heterocycles. The third-order valence-electron chi connectivity index (χ3n) is 3.96. The van der Waals surface area contributed by atoms with Crippen molar-refractivity contribution >= 4 is 39.9 Å². The van der Waals surface area contributed by atoms with E-state index in [1.807, 2.05) is 30.0 Å². The average Bonchev–Trinajstić information content (AvgIpc) is 2.62. The minimum absolute atomic E-state index is 0.0957. The minimum Gasteiger partial charge on any atom is -0.364 e. The Bertz CT molecular complexity index is 688. The van der Waals surface area contributed by atoms with Gasteiger partial charge in [0, 0.05) is 35.9 Å². The summed E-state index contributed by atoms with van der Waals surface area (Å²) in [4.78, 5) is 18.9. The Morgan fingerprint density at radius 2 is 2.25 bits per heavy atom. The Hall–Kier alpha value is -1.75. The molecule has 1 aromatic carbocycles. The second kappa shape index (κ2) is 4.66. The summed E-state index contributed by atoms with van der Waals surface area (Å²) in [6.45, 7) is 0.991. The predicted molar refractivity (Wildman–Crippen MR) is 83.4 cm³/mol. The van der Waals surface area contributed by atoms with E-state index >= 15 is 0 Å². The van der Waals surface area contributed by atoms with Crippen LogP contribution in [0, 0.1) is 0 Å². The normalized spacial score (nSPS) is 21.9. The van der Waals surface area contributed by atoms with Crippen molar-refractivity contribution in [2.45, 2.75) is 12.5 Å². The first kappa shape index (κ1) is 12.0. The maximum Gasteiger partial charge on any atom is 0.226 e. The fourth-order valence-corrected chi connectivity index (χ4v) is 4.12. The molecule has 0 bridgehead atoms. The molecule has 0 spiro atoms. The van der Waals surface area contributed by atoms with E-state index in [-0.39, 0.29) is 5.91 Å². The van der Waals surface area contributed by atoms with Gasteiger partial charge in [-0.3, -0.25) is 9.78 Å². The smallest absolute Gasteiger partial charge is 0.226 e. The van der Waals surface area contributed by atoms with Gasteiger partial charge in [-0.2, -0.15) is 11.8 Å². The monoisotopic (exact) mass is 285 g/mol. The van der Waals surface area contributed by atoms with E-state index in [1.165, 1.54) is 0 Å². The van der Waals surface area contributed by atoms with Crippen molar-refractivity contribution in [2.24, 2.45) is 0 Å². The van der Waals surface area contributed by atoms with Crippen LogP contribution in [0.2, 0.25) is 0 Å². The van der Waals surface area contributed by atoms with E-state index < -0.39 is 0 Å². The molecule has 3 heterocycles. The molecule has 102 valence electrons. The van der Waals surface area contributed by atoms with Crippen molar-refractivity contribution < 1.29 is 4.79 Å². The average molecular weight is 285 g/mol. The Labute approximate surface area is 121 Å². The van der Waals surface area contributed by atoms with Crippen molar-refractivity contribution in [1.29, 1.82) is 0 Å². The van der Waals surface area contributed by atoms with Gasteiger partial charge in [-0.1, -0.05) is 18.2 Å². The number of fused-ring (bicyclic) bond motifs is 5. The second-order valence-electron chi connectivity index (χ2n) is 5.21. The third-order valence-corrected chi connectivity index (χ3v) is 5.05. The number of hydrogen-bond acceptors (Lipinski definition) is 4. The number of carbonyl (C=O) groups is 1. The Kier molecular flexibility index (Phi) is 2.80. The number of thioether (sulfide) groups is 1. The molecule has 1 fully saturated rings. The van der Waals surface area contributed by atoms with Crippen molar-refractivity contribution in [3.05, 3.63) is 30.5 Å². The highest BCUT2D eigenvalue weighted by atomic mass is 32.2. The standard InChI is InChI=1S/C15H15N3OS/c19-14-7-10-9-20-6-5-18(10)15-11-3-1-2-4-12(11)16-8-13(15)17-14/h1-4,8,10H,5-7,9H2,(H,17,19). The van der Waals surface area contributed by atoms with Gasteiger partial charge in [0.25, 0.3) is 0 Å². The SMILES string of the molecule is O=C1CC2CSCCN2c2c(cnc3ccccc23)N1. The molecule has 5 heteroatoms. The van der Waals surface area contributed by atoms with Crippen molar-refractivity contribution in [2.75, 3.05) is 28.3 Å². The zero-order valence-electron chi connectivity index (χ0n) is 11.0. The lowest BCUT2D eigenvalue weighted by Crippen LogP contribution is -2.42. The lowest BCUT2D eigenvalue weighted by Gasteiger charge is -2.36. The van der Waals surface area contributed by atoms with Crippen molar-refractivity contribution in [1.82, 2.24) is 4.98 Å². The third kappa shape index (κ3) is 1.85. The molecule has 2 aromatic rings. The van der Waals surface area contributed by atoms with Crippen LogP contribution in [0.1, 0.15) is 6.42 Å². The number of carbonyl (C=O) groups excluding carboxylic acids is 1. The van der Waals surface area contributed by atoms with Gasteiger partial charge < -0.3 is 10.2 Å². The van der Waals surface area contributed by atoms with Crippen LogP contribution in [-0.2, 0) is 4.79 Å². The highest BCUT2D eigenvalue weighted by Crippen LogP contribution is 2.39. The van der Waals surface area contributed by atoms with E-state index in [1.54, 1.807) is 6.20 Å². The van der Waals surface area contributed by atoms with Gasteiger partial charge in [0.1, 0.15) is 0 Å². The fraction of sp³-hybridized carbons (Fsp3) is 0.333. The summed E-state index contributed by atoms with van der Waals surface area (Å²) < 4.78 is 0. The molecule has 1 unspecified atom stereocenters.